The summed E-state index contributed by atoms with van der Waals surface area (Å²) in [5, 5.41) is 1.07. The number of unbranched alkanes of at least 4 members (excludes halogenated alkanes) is 2. The zero-order valence-corrected chi connectivity index (χ0v) is 19.7. The second-order valence-electron chi connectivity index (χ2n) is 10.1. The third-order valence-corrected chi connectivity index (χ3v) is 7.95. The fourth-order valence-electron chi connectivity index (χ4n) is 6.18. The van der Waals surface area contributed by atoms with Gasteiger partial charge < -0.3 is 4.74 Å². The largest absolute Gasteiger partial charge is 0.489 e. The zero-order valence-electron chi connectivity index (χ0n) is 19.7. The second-order valence-corrected chi connectivity index (χ2v) is 10.1. The molecule has 4 unspecified atom stereocenters. The molecule has 0 spiro atoms. The van der Waals surface area contributed by atoms with Crippen LogP contribution < -0.4 is 4.74 Å². The number of hydrogen-bond donors (Lipinski definition) is 0. The van der Waals surface area contributed by atoms with Crippen LogP contribution in [0, 0.1) is 29.4 Å². The Morgan fingerprint density at radius 3 is 2.56 bits per heavy atom. The molecule has 0 heterocycles. The smallest absolute Gasteiger partial charge is 0.134 e. The maximum atomic E-state index is 15.2. The summed E-state index contributed by atoms with van der Waals surface area (Å²) in [5.41, 5.74) is 0.711. The SMILES string of the molecule is C/C=C/COc1cc(F)c2cc(C3CCC4CC(CCCCC)CCC4C3)c(F)cc2c1. The molecule has 4 rings (SSSR count). The Labute approximate surface area is 192 Å². The molecule has 2 aromatic carbocycles. The average molecular weight is 441 g/mol. The van der Waals surface area contributed by atoms with Crippen LogP contribution in [0.3, 0.4) is 0 Å². The van der Waals surface area contributed by atoms with E-state index in [1.165, 1.54) is 63.5 Å². The van der Waals surface area contributed by atoms with E-state index >= 15 is 4.39 Å². The first-order valence-electron chi connectivity index (χ1n) is 12.8. The Kier molecular flexibility index (Phi) is 7.86. The van der Waals surface area contributed by atoms with Crippen LogP contribution in [-0.4, -0.2) is 6.61 Å². The highest BCUT2D eigenvalue weighted by molar-refractivity contribution is 5.85. The van der Waals surface area contributed by atoms with Crippen molar-refractivity contribution in [2.45, 2.75) is 84.0 Å². The van der Waals surface area contributed by atoms with E-state index < -0.39 is 0 Å². The van der Waals surface area contributed by atoms with Gasteiger partial charge in [0.2, 0.25) is 0 Å². The summed E-state index contributed by atoms with van der Waals surface area (Å²) in [7, 11) is 0. The van der Waals surface area contributed by atoms with Gasteiger partial charge in [-0.05, 0) is 91.8 Å². The van der Waals surface area contributed by atoms with E-state index in [9.17, 15) is 4.39 Å². The van der Waals surface area contributed by atoms with Gasteiger partial charge in [-0.15, -0.1) is 0 Å². The molecule has 0 saturated heterocycles. The second kappa shape index (κ2) is 10.8. The fraction of sp³-hybridized carbons (Fsp3) is 0.586. The molecule has 0 bridgehead atoms. The summed E-state index contributed by atoms with van der Waals surface area (Å²) in [4.78, 5) is 0. The van der Waals surface area contributed by atoms with E-state index in [0.717, 1.165) is 24.7 Å². The van der Waals surface area contributed by atoms with Gasteiger partial charge in [-0.2, -0.15) is 0 Å². The predicted molar refractivity (Wildman–Crippen MR) is 129 cm³/mol. The lowest BCUT2D eigenvalue weighted by molar-refractivity contribution is 0.112. The quantitative estimate of drug-likeness (QED) is 0.294. The van der Waals surface area contributed by atoms with Gasteiger partial charge in [0, 0.05) is 11.5 Å². The molecular weight excluding hydrogens is 402 g/mol. The van der Waals surface area contributed by atoms with Crippen molar-refractivity contribution in [3.63, 3.8) is 0 Å². The van der Waals surface area contributed by atoms with E-state index in [2.05, 4.69) is 6.92 Å². The van der Waals surface area contributed by atoms with Crippen LogP contribution in [0.2, 0.25) is 0 Å². The molecule has 1 nitrogen and oxygen atoms in total. The number of halogens is 2. The number of fused-ring (bicyclic) bond motifs is 2. The van der Waals surface area contributed by atoms with Crippen molar-refractivity contribution in [2.75, 3.05) is 6.61 Å². The molecule has 4 atom stereocenters. The Morgan fingerprint density at radius 1 is 0.938 bits per heavy atom. The van der Waals surface area contributed by atoms with Gasteiger partial charge in [0.15, 0.2) is 0 Å². The van der Waals surface area contributed by atoms with Gasteiger partial charge in [0.25, 0.3) is 0 Å². The van der Waals surface area contributed by atoms with Crippen LogP contribution in [0.4, 0.5) is 8.78 Å². The molecule has 2 fully saturated rings. The van der Waals surface area contributed by atoms with E-state index in [1.807, 2.05) is 19.1 Å². The number of benzene rings is 2. The molecule has 0 N–H and O–H groups in total. The molecule has 2 aliphatic rings. The first-order chi connectivity index (χ1) is 15.6. The minimum atomic E-state index is -0.333. The molecule has 2 aliphatic carbocycles. The third-order valence-electron chi connectivity index (χ3n) is 7.95. The van der Waals surface area contributed by atoms with E-state index in [-0.39, 0.29) is 17.6 Å². The third kappa shape index (κ3) is 5.35. The number of allylic oxidation sites excluding steroid dienone is 1. The van der Waals surface area contributed by atoms with Crippen molar-refractivity contribution in [3.8, 4) is 5.75 Å². The van der Waals surface area contributed by atoms with Gasteiger partial charge >= 0.3 is 0 Å². The Hall–Kier alpha value is -1.90. The highest BCUT2D eigenvalue weighted by Gasteiger charge is 2.36. The fourth-order valence-corrected chi connectivity index (χ4v) is 6.18. The van der Waals surface area contributed by atoms with Gasteiger partial charge in [-0.25, -0.2) is 8.78 Å². The monoisotopic (exact) mass is 440 g/mol. The van der Waals surface area contributed by atoms with Crippen LogP contribution in [0.25, 0.3) is 10.8 Å². The van der Waals surface area contributed by atoms with E-state index in [1.54, 1.807) is 12.1 Å². The lowest BCUT2D eigenvalue weighted by atomic mass is 9.63. The Bertz CT molecular complexity index is 934. The molecule has 0 amide bonds. The molecule has 3 heteroatoms. The van der Waals surface area contributed by atoms with Crippen molar-refractivity contribution < 1.29 is 13.5 Å². The van der Waals surface area contributed by atoms with Crippen molar-refractivity contribution >= 4 is 10.8 Å². The summed E-state index contributed by atoms with van der Waals surface area (Å²) in [6, 6.07) is 6.44. The normalized spacial score (nSPS) is 25.9. The van der Waals surface area contributed by atoms with E-state index in [4.69, 9.17) is 4.74 Å². The summed E-state index contributed by atoms with van der Waals surface area (Å²) in [5.74, 6) is 2.54. The Morgan fingerprint density at radius 2 is 1.75 bits per heavy atom. The summed E-state index contributed by atoms with van der Waals surface area (Å²) in [6.45, 7) is 4.56. The number of hydrogen-bond acceptors (Lipinski definition) is 1. The lowest BCUT2D eigenvalue weighted by Crippen LogP contribution is -2.30. The summed E-state index contributed by atoms with van der Waals surface area (Å²) < 4.78 is 35.6. The van der Waals surface area contributed by atoms with Gasteiger partial charge in [-0.3, -0.25) is 0 Å². The standard InChI is InChI=1S/C29H38F2O/c1-3-5-7-8-20-9-10-22-15-23(12-11-21(22)14-20)26-19-27-24(17-28(26)30)16-25(18-29(27)31)32-13-6-4-2/h4,6,16-23H,3,5,7-15H2,1-2H3/b6-4+. The first kappa shape index (κ1) is 23.3. The minimum Gasteiger partial charge on any atom is -0.489 e. The van der Waals surface area contributed by atoms with Crippen molar-refractivity contribution in [2.24, 2.45) is 17.8 Å². The van der Waals surface area contributed by atoms with Crippen LogP contribution in [0.1, 0.15) is 89.5 Å². The molecule has 174 valence electrons. The predicted octanol–water partition coefficient (Wildman–Crippen LogP) is 8.95. The zero-order chi connectivity index (χ0) is 22.5. The first-order valence-corrected chi connectivity index (χ1v) is 12.8. The highest BCUT2D eigenvalue weighted by atomic mass is 19.1. The van der Waals surface area contributed by atoms with Crippen LogP contribution in [-0.2, 0) is 0 Å². The molecule has 2 aromatic rings. The number of rotatable bonds is 8. The molecular formula is C29H38F2O. The number of ether oxygens (including phenoxy) is 1. The van der Waals surface area contributed by atoms with Gasteiger partial charge in [-0.1, -0.05) is 51.2 Å². The van der Waals surface area contributed by atoms with Crippen LogP contribution in [0.15, 0.2) is 36.4 Å². The van der Waals surface area contributed by atoms with Crippen molar-refractivity contribution in [1.82, 2.24) is 0 Å². The van der Waals surface area contributed by atoms with Gasteiger partial charge in [0.05, 0.1) is 0 Å². The lowest BCUT2D eigenvalue weighted by Gasteiger charge is -2.42. The maximum Gasteiger partial charge on any atom is 0.134 e. The molecule has 2 saturated carbocycles. The summed E-state index contributed by atoms with van der Waals surface area (Å²) >= 11 is 0. The summed E-state index contributed by atoms with van der Waals surface area (Å²) in [6.07, 6.45) is 16.4. The molecule has 0 aliphatic heterocycles. The average Bonchev–Trinajstić information content (AvgIpc) is 2.79. The Balaban J connectivity index is 1.45. The van der Waals surface area contributed by atoms with Gasteiger partial charge in [0.1, 0.15) is 24.0 Å². The van der Waals surface area contributed by atoms with E-state index in [0.29, 0.717) is 34.6 Å². The molecule has 32 heavy (non-hydrogen) atoms. The van der Waals surface area contributed by atoms with Crippen LogP contribution >= 0.6 is 0 Å². The minimum absolute atomic E-state index is 0.195. The van der Waals surface area contributed by atoms with Crippen molar-refractivity contribution in [1.29, 1.82) is 0 Å². The maximum absolute atomic E-state index is 15.2. The van der Waals surface area contributed by atoms with Crippen molar-refractivity contribution in [3.05, 3.63) is 53.6 Å². The van der Waals surface area contributed by atoms with Crippen LogP contribution in [0.5, 0.6) is 5.75 Å². The molecule has 0 aromatic heterocycles. The topological polar surface area (TPSA) is 9.23 Å². The molecule has 0 radical (unpaired) electrons. The highest BCUT2D eigenvalue weighted by Crippen LogP contribution is 2.49.